The lowest BCUT2D eigenvalue weighted by Gasteiger charge is -2.23. The van der Waals surface area contributed by atoms with Crippen LogP contribution in [0.4, 0.5) is 0 Å². The van der Waals surface area contributed by atoms with Crippen LogP contribution in [0.2, 0.25) is 0 Å². The number of carbonyl (C=O) groups is 1. The standard InChI is InChI=1S/C18H23N3OS/c22-17(19-13-6-1-2-7-13)12-21-11-5-9-15(21)18-20-14-8-3-4-10-16(14)23-18/h3-4,8,10,13,15H,1-2,5-7,9,11-12H2,(H,19,22)/t15-/m0/s1. The molecule has 1 aromatic heterocycles. The normalized spacial score (nSPS) is 22.9. The highest BCUT2D eigenvalue weighted by Crippen LogP contribution is 2.36. The van der Waals surface area contributed by atoms with Crippen LogP contribution in [-0.4, -0.2) is 34.9 Å². The van der Waals surface area contributed by atoms with E-state index in [2.05, 4.69) is 28.4 Å². The third kappa shape index (κ3) is 3.26. The fourth-order valence-corrected chi connectivity index (χ4v) is 4.99. The number of para-hydroxylation sites is 1. The molecule has 2 aliphatic rings. The molecule has 2 fully saturated rings. The van der Waals surface area contributed by atoms with Gasteiger partial charge < -0.3 is 5.32 Å². The summed E-state index contributed by atoms with van der Waals surface area (Å²) in [7, 11) is 0. The van der Waals surface area contributed by atoms with Crippen LogP contribution in [0, 0.1) is 0 Å². The van der Waals surface area contributed by atoms with Gasteiger partial charge >= 0.3 is 0 Å². The number of carbonyl (C=O) groups excluding carboxylic acids is 1. The maximum absolute atomic E-state index is 12.3. The van der Waals surface area contributed by atoms with Crippen molar-refractivity contribution in [2.75, 3.05) is 13.1 Å². The van der Waals surface area contributed by atoms with Crippen LogP contribution in [-0.2, 0) is 4.79 Å². The molecule has 23 heavy (non-hydrogen) atoms. The monoisotopic (exact) mass is 329 g/mol. The molecule has 1 aromatic carbocycles. The molecule has 2 aromatic rings. The molecule has 1 aliphatic heterocycles. The van der Waals surface area contributed by atoms with Crippen molar-refractivity contribution >= 4 is 27.5 Å². The number of likely N-dealkylation sites (tertiary alicyclic amines) is 1. The summed E-state index contributed by atoms with van der Waals surface area (Å²) in [5, 5.41) is 4.37. The third-order valence-electron chi connectivity index (χ3n) is 5.03. The van der Waals surface area contributed by atoms with E-state index in [0.717, 1.165) is 42.8 Å². The first-order valence-corrected chi connectivity index (χ1v) is 9.50. The number of hydrogen-bond donors (Lipinski definition) is 1. The predicted molar refractivity (Wildman–Crippen MR) is 93.6 cm³/mol. The molecule has 122 valence electrons. The first kappa shape index (κ1) is 15.1. The smallest absolute Gasteiger partial charge is 0.234 e. The van der Waals surface area contributed by atoms with Crippen molar-refractivity contribution in [1.82, 2.24) is 15.2 Å². The van der Waals surface area contributed by atoms with Crippen LogP contribution < -0.4 is 5.32 Å². The molecule has 2 heterocycles. The zero-order valence-electron chi connectivity index (χ0n) is 13.3. The molecule has 1 amide bonds. The van der Waals surface area contributed by atoms with Crippen molar-refractivity contribution in [3.8, 4) is 0 Å². The van der Waals surface area contributed by atoms with Crippen LogP contribution in [0.1, 0.15) is 49.6 Å². The number of rotatable bonds is 4. The van der Waals surface area contributed by atoms with Gasteiger partial charge in [0.15, 0.2) is 0 Å². The molecular weight excluding hydrogens is 306 g/mol. The Labute approximate surface area is 140 Å². The minimum atomic E-state index is 0.185. The number of nitrogens with zero attached hydrogens (tertiary/aromatic N) is 2. The second-order valence-electron chi connectivity index (χ2n) is 6.70. The number of hydrogen-bond acceptors (Lipinski definition) is 4. The molecule has 1 saturated heterocycles. The molecule has 0 unspecified atom stereocenters. The van der Waals surface area contributed by atoms with Gasteiger partial charge in [0.25, 0.3) is 0 Å². The molecule has 0 radical (unpaired) electrons. The van der Waals surface area contributed by atoms with Gasteiger partial charge in [-0.1, -0.05) is 25.0 Å². The summed E-state index contributed by atoms with van der Waals surface area (Å²) in [5.41, 5.74) is 1.08. The SMILES string of the molecule is O=C(CN1CCC[C@H]1c1nc2ccccc2s1)NC1CCCC1. The van der Waals surface area contributed by atoms with Crippen molar-refractivity contribution in [3.05, 3.63) is 29.3 Å². The highest BCUT2D eigenvalue weighted by atomic mass is 32.1. The lowest BCUT2D eigenvalue weighted by atomic mass is 10.2. The van der Waals surface area contributed by atoms with E-state index < -0.39 is 0 Å². The molecule has 1 atom stereocenters. The maximum Gasteiger partial charge on any atom is 0.234 e. The molecule has 4 rings (SSSR count). The zero-order chi connectivity index (χ0) is 15.6. The Morgan fingerprint density at radius 3 is 2.87 bits per heavy atom. The first-order valence-electron chi connectivity index (χ1n) is 8.68. The Hall–Kier alpha value is -1.46. The number of thiazole rings is 1. The Morgan fingerprint density at radius 1 is 1.22 bits per heavy atom. The number of nitrogens with one attached hydrogen (secondary N) is 1. The van der Waals surface area contributed by atoms with E-state index in [9.17, 15) is 4.79 Å². The topological polar surface area (TPSA) is 45.2 Å². The summed E-state index contributed by atoms with van der Waals surface area (Å²) in [6.07, 6.45) is 7.06. The fourth-order valence-electron chi connectivity index (χ4n) is 3.86. The van der Waals surface area contributed by atoms with Crippen LogP contribution in [0.3, 0.4) is 0 Å². The molecule has 4 nitrogen and oxygen atoms in total. The van der Waals surface area contributed by atoms with Crippen molar-refractivity contribution in [3.63, 3.8) is 0 Å². The molecule has 1 aliphatic carbocycles. The van der Waals surface area contributed by atoms with Gasteiger partial charge in [-0.25, -0.2) is 4.98 Å². The maximum atomic E-state index is 12.3. The molecule has 5 heteroatoms. The van der Waals surface area contributed by atoms with Gasteiger partial charge in [-0.15, -0.1) is 11.3 Å². The van der Waals surface area contributed by atoms with Crippen LogP contribution in [0.25, 0.3) is 10.2 Å². The fraction of sp³-hybridized carbons (Fsp3) is 0.556. The van der Waals surface area contributed by atoms with Gasteiger partial charge in [-0.05, 0) is 44.4 Å². The first-order chi connectivity index (χ1) is 11.3. The number of benzene rings is 1. The van der Waals surface area contributed by atoms with Gasteiger partial charge in [-0.3, -0.25) is 9.69 Å². The number of aromatic nitrogens is 1. The molecule has 1 N–H and O–H groups in total. The van der Waals surface area contributed by atoms with Gasteiger partial charge in [0.2, 0.25) is 5.91 Å². The summed E-state index contributed by atoms with van der Waals surface area (Å²) in [6, 6.07) is 9.01. The van der Waals surface area contributed by atoms with Crippen molar-refractivity contribution in [1.29, 1.82) is 0 Å². The Morgan fingerprint density at radius 2 is 2.04 bits per heavy atom. The van der Waals surface area contributed by atoms with E-state index in [0.29, 0.717) is 18.6 Å². The van der Waals surface area contributed by atoms with Crippen molar-refractivity contribution in [2.24, 2.45) is 0 Å². The van der Waals surface area contributed by atoms with E-state index >= 15 is 0 Å². The van der Waals surface area contributed by atoms with Gasteiger partial charge in [-0.2, -0.15) is 0 Å². The minimum Gasteiger partial charge on any atom is -0.352 e. The summed E-state index contributed by atoms with van der Waals surface area (Å²) < 4.78 is 1.24. The van der Waals surface area contributed by atoms with Crippen molar-refractivity contribution in [2.45, 2.75) is 50.6 Å². The molecule has 0 bridgehead atoms. The summed E-state index contributed by atoms with van der Waals surface area (Å²) in [4.78, 5) is 19.4. The molecular formula is C18H23N3OS. The van der Waals surface area contributed by atoms with Crippen LogP contribution >= 0.6 is 11.3 Å². The number of fused-ring (bicyclic) bond motifs is 1. The average molecular weight is 329 g/mol. The average Bonchev–Trinajstić information content (AvgIpc) is 3.26. The lowest BCUT2D eigenvalue weighted by molar-refractivity contribution is -0.123. The molecule has 1 saturated carbocycles. The Balaban J connectivity index is 1.44. The Kier molecular flexibility index (Phi) is 4.31. The highest BCUT2D eigenvalue weighted by Gasteiger charge is 2.30. The van der Waals surface area contributed by atoms with Crippen LogP contribution in [0.5, 0.6) is 0 Å². The third-order valence-corrected chi connectivity index (χ3v) is 6.16. The second-order valence-corrected chi connectivity index (χ2v) is 7.76. The van der Waals surface area contributed by atoms with E-state index in [1.807, 2.05) is 6.07 Å². The number of amides is 1. The lowest BCUT2D eigenvalue weighted by Crippen LogP contribution is -2.40. The van der Waals surface area contributed by atoms with E-state index in [1.54, 1.807) is 11.3 Å². The van der Waals surface area contributed by atoms with E-state index in [4.69, 9.17) is 4.98 Å². The molecule has 0 spiro atoms. The summed E-state index contributed by atoms with van der Waals surface area (Å²) in [6.45, 7) is 1.51. The van der Waals surface area contributed by atoms with E-state index in [-0.39, 0.29) is 5.91 Å². The quantitative estimate of drug-likeness (QED) is 0.934. The highest BCUT2D eigenvalue weighted by molar-refractivity contribution is 7.18. The van der Waals surface area contributed by atoms with Crippen molar-refractivity contribution < 1.29 is 4.79 Å². The summed E-state index contributed by atoms with van der Waals surface area (Å²) in [5.74, 6) is 0.185. The zero-order valence-corrected chi connectivity index (χ0v) is 14.1. The predicted octanol–water partition coefficient (Wildman–Crippen LogP) is 3.49. The van der Waals surface area contributed by atoms with Gasteiger partial charge in [0.1, 0.15) is 5.01 Å². The Bertz CT molecular complexity index is 659. The summed E-state index contributed by atoms with van der Waals surface area (Å²) >= 11 is 1.77. The van der Waals surface area contributed by atoms with Gasteiger partial charge in [0, 0.05) is 6.04 Å². The van der Waals surface area contributed by atoms with Gasteiger partial charge in [0.05, 0.1) is 22.8 Å². The largest absolute Gasteiger partial charge is 0.352 e. The minimum absolute atomic E-state index is 0.185. The van der Waals surface area contributed by atoms with Crippen LogP contribution in [0.15, 0.2) is 24.3 Å². The second kappa shape index (κ2) is 6.57. The van der Waals surface area contributed by atoms with E-state index in [1.165, 1.54) is 17.5 Å².